The fourth-order valence-corrected chi connectivity index (χ4v) is 4.51. The summed E-state index contributed by atoms with van der Waals surface area (Å²) < 4.78 is 5.44. The minimum atomic E-state index is -0.882. The highest BCUT2D eigenvalue weighted by molar-refractivity contribution is 7.16. The first kappa shape index (κ1) is 12.0. The van der Waals surface area contributed by atoms with E-state index in [0.29, 0.717) is 16.0 Å². The predicted octanol–water partition coefficient (Wildman–Crippen LogP) is 2.31. The van der Waals surface area contributed by atoms with E-state index in [1.807, 2.05) is 0 Å². The summed E-state index contributed by atoms with van der Waals surface area (Å²) in [5.41, 5.74) is 7.53. The molecule has 1 aromatic heterocycles. The lowest BCUT2D eigenvalue weighted by Gasteiger charge is -2.40. The van der Waals surface area contributed by atoms with Crippen LogP contribution in [0.15, 0.2) is 0 Å². The van der Waals surface area contributed by atoms with Crippen LogP contribution < -0.4 is 5.73 Å². The molecule has 3 rings (SSSR count). The molecule has 2 aliphatic rings. The number of hydrogen-bond donors (Lipinski definition) is 2. The number of fused-ring (bicyclic) bond motifs is 1. The van der Waals surface area contributed by atoms with Crippen molar-refractivity contribution in [3.63, 3.8) is 0 Å². The molecular weight excluding hydrogens is 250 g/mol. The van der Waals surface area contributed by atoms with E-state index in [2.05, 4.69) is 0 Å². The van der Waals surface area contributed by atoms with Crippen molar-refractivity contribution in [2.24, 2.45) is 5.41 Å². The van der Waals surface area contributed by atoms with E-state index in [0.717, 1.165) is 50.9 Å². The number of anilines is 1. The van der Waals surface area contributed by atoms with E-state index < -0.39 is 5.97 Å². The minimum absolute atomic E-state index is 0.332. The van der Waals surface area contributed by atoms with Crippen molar-refractivity contribution in [1.82, 2.24) is 0 Å². The fraction of sp³-hybridized carbons (Fsp3) is 0.615. The summed E-state index contributed by atoms with van der Waals surface area (Å²) in [7, 11) is 0. The molecule has 18 heavy (non-hydrogen) atoms. The largest absolute Gasteiger partial charge is 0.478 e. The summed E-state index contributed by atoms with van der Waals surface area (Å²) in [6.45, 7) is 1.67. The summed E-state index contributed by atoms with van der Waals surface area (Å²) in [6, 6.07) is 0. The van der Waals surface area contributed by atoms with E-state index in [-0.39, 0.29) is 0 Å². The Labute approximate surface area is 110 Å². The summed E-state index contributed by atoms with van der Waals surface area (Å²) in [4.78, 5) is 12.4. The van der Waals surface area contributed by atoms with Gasteiger partial charge in [0.1, 0.15) is 5.00 Å². The van der Waals surface area contributed by atoms with Crippen LogP contribution in [0.2, 0.25) is 0 Å². The number of carboxylic acids is 1. The molecule has 2 heterocycles. The van der Waals surface area contributed by atoms with Crippen molar-refractivity contribution >= 4 is 22.3 Å². The molecule has 1 saturated heterocycles. The maximum absolute atomic E-state index is 11.2. The van der Waals surface area contributed by atoms with Gasteiger partial charge in [-0.05, 0) is 43.1 Å². The molecule has 1 aliphatic carbocycles. The second-order valence-corrected chi connectivity index (χ2v) is 6.47. The number of aromatic carboxylic acids is 1. The highest BCUT2D eigenvalue weighted by Crippen LogP contribution is 2.47. The SMILES string of the molecule is Nc1sc2c(c1C(=O)O)CCC1(CCOCC1)C2. The van der Waals surface area contributed by atoms with Gasteiger partial charge in [0.2, 0.25) is 0 Å². The first-order valence-electron chi connectivity index (χ1n) is 6.32. The van der Waals surface area contributed by atoms with Gasteiger partial charge in [-0.25, -0.2) is 4.79 Å². The number of hydrogen-bond acceptors (Lipinski definition) is 4. The average Bonchev–Trinajstić information content (AvgIpc) is 2.65. The zero-order chi connectivity index (χ0) is 12.8. The molecule has 0 amide bonds. The lowest BCUT2D eigenvalue weighted by molar-refractivity contribution is 0.00798. The Morgan fingerprint density at radius 1 is 1.33 bits per heavy atom. The maximum atomic E-state index is 11.2. The Hall–Kier alpha value is -1.07. The number of ether oxygens (including phenoxy) is 1. The van der Waals surface area contributed by atoms with Crippen LogP contribution in [0.25, 0.3) is 0 Å². The maximum Gasteiger partial charge on any atom is 0.338 e. The van der Waals surface area contributed by atoms with E-state index in [9.17, 15) is 9.90 Å². The first-order chi connectivity index (χ1) is 8.61. The minimum Gasteiger partial charge on any atom is -0.478 e. The monoisotopic (exact) mass is 267 g/mol. The van der Waals surface area contributed by atoms with Crippen LogP contribution in [0.4, 0.5) is 5.00 Å². The standard InChI is InChI=1S/C13H17NO3S/c14-11-10(12(15)16)8-1-2-13(7-9(8)18-11)3-5-17-6-4-13/h1-7,14H2,(H,15,16). The topological polar surface area (TPSA) is 72.6 Å². The Bertz CT molecular complexity index is 489. The van der Waals surface area contributed by atoms with Crippen molar-refractivity contribution in [2.45, 2.75) is 32.1 Å². The molecule has 5 heteroatoms. The fourth-order valence-electron chi connectivity index (χ4n) is 3.23. The van der Waals surface area contributed by atoms with Crippen LogP contribution >= 0.6 is 11.3 Å². The highest BCUT2D eigenvalue weighted by atomic mass is 32.1. The molecule has 4 nitrogen and oxygen atoms in total. The molecule has 0 atom stereocenters. The van der Waals surface area contributed by atoms with Gasteiger partial charge in [-0.3, -0.25) is 0 Å². The van der Waals surface area contributed by atoms with Crippen LogP contribution in [0, 0.1) is 5.41 Å². The smallest absolute Gasteiger partial charge is 0.338 e. The number of carboxylic acid groups (broad SMARTS) is 1. The lowest BCUT2D eigenvalue weighted by atomic mass is 9.69. The Morgan fingerprint density at radius 3 is 2.72 bits per heavy atom. The molecule has 0 bridgehead atoms. The third kappa shape index (κ3) is 1.82. The van der Waals surface area contributed by atoms with E-state index in [4.69, 9.17) is 10.5 Å². The van der Waals surface area contributed by atoms with Crippen molar-refractivity contribution in [1.29, 1.82) is 0 Å². The first-order valence-corrected chi connectivity index (χ1v) is 7.14. The quantitative estimate of drug-likeness (QED) is 0.819. The molecule has 0 radical (unpaired) electrons. The Balaban J connectivity index is 1.94. The number of thiophene rings is 1. The normalized spacial score (nSPS) is 21.8. The summed E-state index contributed by atoms with van der Waals surface area (Å²) >= 11 is 1.47. The molecule has 98 valence electrons. The molecule has 0 unspecified atom stereocenters. The molecule has 0 aromatic carbocycles. The summed E-state index contributed by atoms with van der Waals surface area (Å²) in [6.07, 6.45) is 5.08. The van der Waals surface area contributed by atoms with E-state index >= 15 is 0 Å². The van der Waals surface area contributed by atoms with Gasteiger partial charge >= 0.3 is 5.97 Å². The Morgan fingerprint density at radius 2 is 2.06 bits per heavy atom. The third-order valence-corrected chi connectivity index (χ3v) is 5.39. The molecule has 1 aromatic rings. The van der Waals surface area contributed by atoms with E-state index in [1.165, 1.54) is 16.2 Å². The van der Waals surface area contributed by atoms with Crippen molar-refractivity contribution in [3.05, 3.63) is 16.0 Å². The van der Waals surface area contributed by atoms with Gasteiger partial charge in [-0.1, -0.05) is 0 Å². The van der Waals surface area contributed by atoms with Crippen LogP contribution in [0.1, 0.15) is 40.1 Å². The highest BCUT2D eigenvalue weighted by Gasteiger charge is 2.38. The van der Waals surface area contributed by atoms with Crippen molar-refractivity contribution < 1.29 is 14.6 Å². The van der Waals surface area contributed by atoms with Crippen LogP contribution in [0.3, 0.4) is 0 Å². The van der Waals surface area contributed by atoms with Gasteiger partial charge in [0, 0.05) is 18.1 Å². The van der Waals surface area contributed by atoms with Gasteiger partial charge in [0.05, 0.1) is 5.56 Å². The summed E-state index contributed by atoms with van der Waals surface area (Å²) in [5.74, 6) is -0.882. The van der Waals surface area contributed by atoms with Crippen LogP contribution in [-0.4, -0.2) is 24.3 Å². The van der Waals surface area contributed by atoms with E-state index in [1.54, 1.807) is 0 Å². The molecular formula is C13H17NO3S. The molecule has 3 N–H and O–H groups in total. The van der Waals surface area contributed by atoms with Gasteiger partial charge < -0.3 is 15.6 Å². The number of nitrogens with two attached hydrogens (primary N) is 1. The number of rotatable bonds is 1. The Kier molecular flexibility index (Phi) is 2.83. The van der Waals surface area contributed by atoms with Gasteiger partial charge in [-0.2, -0.15) is 0 Å². The van der Waals surface area contributed by atoms with Gasteiger partial charge in [0.25, 0.3) is 0 Å². The average molecular weight is 267 g/mol. The molecule has 1 spiro atoms. The second-order valence-electron chi connectivity index (χ2n) is 5.34. The molecule has 1 aliphatic heterocycles. The third-order valence-electron chi connectivity index (χ3n) is 4.33. The predicted molar refractivity (Wildman–Crippen MR) is 70.2 cm³/mol. The number of nitrogen functional groups attached to an aromatic ring is 1. The van der Waals surface area contributed by atoms with Crippen molar-refractivity contribution in [3.8, 4) is 0 Å². The zero-order valence-electron chi connectivity index (χ0n) is 10.2. The second kappa shape index (κ2) is 4.24. The van der Waals surface area contributed by atoms with Gasteiger partial charge in [-0.15, -0.1) is 11.3 Å². The van der Waals surface area contributed by atoms with Crippen molar-refractivity contribution in [2.75, 3.05) is 18.9 Å². The molecule has 1 fully saturated rings. The zero-order valence-corrected chi connectivity index (χ0v) is 11.0. The van der Waals surface area contributed by atoms with Gasteiger partial charge in [0.15, 0.2) is 0 Å². The van der Waals surface area contributed by atoms with Crippen LogP contribution in [-0.2, 0) is 17.6 Å². The molecule has 0 saturated carbocycles. The van der Waals surface area contributed by atoms with Crippen LogP contribution in [0.5, 0.6) is 0 Å². The lowest BCUT2D eigenvalue weighted by Crippen LogP contribution is -2.34. The number of carbonyl (C=O) groups is 1. The summed E-state index contributed by atoms with van der Waals surface area (Å²) in [5, 5.41) is 9.69.